The summed E-state index contributed by atoms with van der Waals surface area (Å²) < 4.78 is 53.8. The molecule has 0 saturated carbocycles. The molecule has 0 N–H and O–H groups in total. The van der Waals surface area contributed by atoms with Crippen molar-refractivity contribution in [3.63, 3.8) is 0 Å². The molecule has 0 aliphatic rings. The van der Waals surface area contributed by atoms with Crippen molar-refractivity contribution in [3.05, 3.63) is 54.3 Å². The second-order valence-corrected chi connectivity index (χ2v) is 10.1. The molecule has 14 heteroatoms. The van der Waals surface area contributed by atoms with Crippen molar-refractivity contribution < 1.29 is 22.3 Å². The third-order valence-electron chi connectivity index (χ3n) is 5.27. The van der Waals surface area contributed by atoms with Crippen molar-refractivity contribution in [3.8, 4) is 28.7 Å². The van der Waals surface area contributed by atoms with Gasteiger partial charge in [0.05, 0.1) is 38.1 Å². The van der Waals surface area contributed by atoms with Crippen molar-refractivity contribution in [2.45, 2.75) is 24.3 Å². The van der Waals surface area contributed by atoms with Crippen molar-refractivity contribution in [2.24, 2.45) is 7.05 Å². The fraction of sp³-hybridized carbons (Fsp3) is 0.333. The predicted octanol–water partition coefficient (Wildman–Crippen LogP) is 1.56. The normalized spacial score (nSPS) is 12.5. The first-order valence-corrected chi connectivity index (χ1v) is 12.2. The summed E-state index contributed by atoms with van der Waals surface area (Å²) in [4.78, 5) is 7.72. The van der Waals surface area contributed by atoms with E-state index in [2.05, 4.69) is 30.5 Å². The lowest BCUT2D eigenvalue weighted by Gasteiger charge is -2.17. The van der Waals surface area contributed by atoms with Gasteiger partial charge in [0, 0.05) is 13.5 Å². The van der Waals surface area contributed by atoms with Gasteiger partial charge in [-0.15, -0.1) is 15.3 Å². The van der Waals surface area contributed by atoms with E-state index in [-0.39, 0.29) is 23.9 Å². The number of nitrogens with zero attached hydrogens (tertiary/aromatic N) is 8. The summed E-state index contributed by atoms with van der Waals surface area (Å²) in [5.41, 5.74) is 0.798. The lowest BCUT2D eigenvalue weighted by molar-refractivity contribution is 0.390. The lowest BCUT2D eigenvalue weighted by Crippen LogP contribution is -2.24. The molecule has 0 aliphatic heterocycles. The molecule has 0 unspecified atom stereocenters. The number of para-hydroxylation sites is 1. The first kappa shape index (κ1) is 24.2. The fourth-order valence-corrected chi connectivity index (χ4v) is 4.70. The van der Waals surface area contributed by atoms with Crippen LogP contribution < -0.4 is 9.47 Å². The van der Waals surface area contributed by atoms with Crippen LogP contribution in [0.1, 0.15) is 18.6 Å². The standard InChI is InChI=1S/C21H23FN8O4S/c1-13(8-18-23-9-14(22)10-24-18)35(31,32)12-19-26-27-21(15-11-29(2)28-25-15)30(19)20-16(33-3)6-5-7-17(20)34-4/h5-7,9-11,13H,8,12H2,1-4H3/t13-/m0/s1. The van der Waals surface area contributed by atoms with E-state index in [0.29, 0.717) is 22.9 Å². The molecule has 1 atom stereocenters. The number of rotatable bonds is 9. The van der Waals surface area contributed by atoms with Crippen molar-refractivity contribution in [2.75, 3.05) is 14.2 Å². The Balaban J connectivity index is 1.79. The number of aromatic nitrogens is 8. The molecule has 0 saturated heterocycles. The van der Waals surface area contributed by atoms with E-state index in [1.807, 2.05) is 0 Å². The maximum absolute atomic E-state index is 13.3. The molecular formula is C21H23FN8O4S. The molecule has 0 radical (unpaired) electrons. The molecule has 184 valence electrons. The topological polar surface area (TPSA) is 140 Å². The largest absolute Gasteiger partial charge is 0.494 e. The number of benzene rings is 1. The second-order valence-electron chi connectivity index (χ2n) is 7.70. The minimum atomic E-state index is -3.77. The third kappa shape index (κ3) is 4.96. The van der Waals surface area contributed by atoms with Gasteiger partial charge in [-0.25, -0.2) is 22.8 Å². The Hall–Kier alpha value is -3.94. The Morgan fingerprint density at radius 3 is 2.29 bits per heavy atom. The van der Waals surface area contributed by atoms with Crippen LogP contribution in [0.3, 0.4) is 0 Å². The number of ether oxygens (including phenoxy) is 2. The minimum absolute atomic E-state index is 0.00570. The Morgan fingerprint density at radius 2 is 1.71 bits per heavy atom. The van der Waals surface area contributed by atoms with Gasteiger partial charge in [-0.05, 0) is 19.1 Å². The number of halogens is 1. The van der Waals surface area contributed by atoms with Gasteiger partial charge >= 0.3 is 0 Å². The first-order valence-electron chi connectivity index (χ1n) is 10.4. The molecule has 0 bridgehead atoms. The van der Waals surface area contributed by atoms with Crippen LogP contribution in [-0.4, -0.2) is 67.6 Å². The van der Waals surface area contributed by atoms with E-state index >= 15 is 0 Å². The summed E-state index contributed by atoms with van der Waals surface area (Å²) in [5.74, 6) is 0.390. The van der Waals surface area contributed by atoms with Gasteiger partial charge in [-0.3, -0.25) is 9.25 Å². The Kier molecular flexibility index (Phi) is 6.73. The number of hydrogen-bond acceptors (Lipinski definition) is 10. The molecule has 0 aliphatic carbocycles. The number of aryl methyl sites for hydroxylation is 1. The Labute approximate surface area is 200 Å². The number of hydrogen-bond donors (Lipinski definition) is 0. The maximum atomic E-state index is 13.3. The zero-order chi connectivity index (χ0) is 25.2. The summed E-state index contributed by atoms with van der Waals surface area (Å²) in [6.07, 6.45) is 3.64. The second kappa shape index (κ2) is 9.74. The fourth-order valence-electron chi connectivity index (χ4n) is 3.46. The molecule has 3 heterocycles. The molecule has 1 aromatic carbocycles. The van der Waals surface area contributed by atoms with E-state index in [9.17, 15) is 12.8 Å². The quantitative estimate of drug-likeness (QED) is 0.331. The highest BCUT2D eigenvalue weighted by Crippen LogP contribution is 2.36. The summed E-state index contributed by atoms with van der Waals surface area (Å²) in [6.45, 7) is 1.54. The van der Waals surface area contributed by atoms with E-state index in [1.54, 1.807) is 36.0 Å². The van der Waals surface area contributed by atoms with Crippen molar-refractivity contribution in [1.82, 2.24) is 39.7 Å². The highest BCUT2D eigenvalue weighted by molar-refractivity contribution is 7.91. The molecule has 0 spiro atoms. The maximum Gasteiger partial charge on any atom is 0.191 e. The molecule has 35 heavy (non-hydrogen) atoms. The first-order chi connectivity index (χ1) is 16.7. The monoisotopic (exact) mass is 502 g/mol. The summed E-state index contributed by atoms with van der Waals surface area (Å²) in [5, 5.41) is 15.6. The van der Waals surface area contributed by atoms with Crippen LogP contribution in [0.5, 0.6) is 11.5 Å². The molecule has 0 fully saturated rings. The Bertz CT molecular complexity index is 1410. The zero-order valence-electron chi connectivity index (χ0n) is 19.5. The average molecular weight is 503 g/mol. The highest BCUT2D eigenvalue weighted by atomic mass is 32.2. The predicted molar refractivity (Wildman–Crippen MR) is 122 cm³/mol. The number of methoxy groups -OCH3 is 2. The lowest BCUT2D eigenvalue weighted by atomic mass is 10.2. The van der Waals surface area contributed by atoms with Gasteiger partial charge in [-0.2, -0.15) is 0 Å². The third-order valence-corrected chi connectivity index (χ3v) is 7.33. The van der Waals surface area contributed by atoms with Gasteiger partial charge in [0.15, 0.2) is 33.0 Å². The van der Waals surface area contributed by atoms with Gasteiger partial charge in [-0.1, -0.05) is 11.3 Å². The van der Waals surface area contributed by atoms with Gasteiger partial charge < -0.3 is 9.47 Å². The molecule has 12 nitrogen and oxygen atoms in total. The molecule has 4 rings (SSSR count). The van der Waals surface area contributed by atoms with Crippen LogP contribution in [0.15, 0.2) is 36.8 Å². The van der Waals surface area contributed by atoms with Gasteiger partial charge in [0.2, 0.25) is 0 Å². The highest BCUT2D eigenvalue weighted by Gasteiger charge is 2.30. The van der Waals surface area contributed by atoms with Gasteiger partial charge in [0.1, 0.15) is 28.8 Å². The summed E-state index contributed by atoms with van der Waals surface area (Å²) in [6, 6.07) is 5.17. The van der Waals surface area contributed by atoms with Crippen LogP contribution in [0.4, 0.5) is 4.39 Å². The molecular weight excluding hydrogens is 479 g/mol. The average Bonchev–Trinajstić information content (AvgIpc) is 3.45. The van der Waals surface area contributed by atoms with Crippen LogP contribution in [0.25, 0.3) is 17.2 Å². The van der Waals surface area contributed by atoms with Crippen molar-refractivity contribution >= 4 is 9.84 Å². The number of sulfone groups is 1. The van der Waals surface area contributed by atoms with E-state index in [4.69, 9.17) is 9.47 Å². The molecule has 4 aromatic rings. The van der Waals surface area contributed by atoms with Crippen LogP contribution in [0, 0.1) is 5.82 Å². The van der Waals surface area contributed by atoms with Crippen LogP contribution >= 0.6 is 0 Å². The summed E-state index contributed by atoms with van der Waals surface area (Å²) >= 11 is 0. The van der Waals surface area contributed by atoms with E-state index in [1.165, 1.54) is 25.8 Å². The summed E-state index contributed by atoms with van der Waals surface area (Å²) in [7, 11) is 0.909. The SMILES string of the molecule is COc1cccc(OC)c1-n1c(CS(=O)(=O)[C@@H](C)Cc2ncc(F)cn2)nnc1-c1cn(C)nn1. The molecule has 3 aromatic heterocycles. The van der Waals surface area contributed by atoms with Crippen LogP contribution in [-0.2, 0) is 29.1 Å². The zero-order valence-corrected chi connectivity index (χ0v) is 20.3. The Morgan fingerprint density at radius 1 is 1.06 bits per heavy atom. The minimum Gasteiger partial charge on any atom is -0.494 e. The van der Waals surface area contributed by atoms with E-state index in [0.717, 1.165) is 12.4 Å². The smallest absolute Gasteiger partial charge is 0.191 e. The van der Waals surface area contributed by atoms with Gasteiger partial charge in [0.25, 0.3) is 0 Å². The van der Waals surface area contributed by atoms with E-state index < -0.39 is 26.7 Å². The van der Waals surface area contributed by atoms with Crippen LogP contribution in [0.2, 0.25) is 0 Å². The molecule has 0 amide bonds. The van der Waals surface area contributed by atoms with Crippen molar-refractivity contribution in [1.29, 1.82) is 0 Å².